The van der Waals surface area contributed by atoms with Crippen LogP contribution in [-0.4, -0.2) is 33.1 Å². The van der Waals surface area contributed by atoms with E-state index < -0.39 is 6.36 Å². The second-order valence-electron chi connectivity index (χ2n) is 5.40. The van der Waals surface area contributed by atoms with Crippen LogP contribution in [0.2, 0.25) is 0 Å². The number of hydrogen-bond acceptors (Lipinski definition) is 4. The lowest BCUT2D eigenvalue weighted by Crippen LogP contribution is -2.23. The van der Waals surface area contributed by atoms with Crippen LogP contribution in [0.5, 0.6) is 17.2 Å². The van der Waals surface area contributed by atoms with Gasteiger partial charge in [0, 0.05) is 18.3 Å². The Morgan fingerprint density at radius 3 is 2.25 bits per heavy atom. The molecule has 0 heterocycles. The number of benzene rings is 2. The minimum Gasteiger partial charge on any atom is -0.493 e. The number of rotatable bonds is 7. The van der Waals surface area contributed by atoms with E-state index in [1.165, 1.54) is 19.2 Å². The summed E-state index contributed by atoms with van der Waals surface area (Å²) in [5, 5.41) is 2.94. The third kappa shape index (κ3) is 7.71. The molecule has 6 nitrogen and oxygen atoms in total. The van der Waals surface area contributed by atoms with Crippen LogP contribution in [-0.2, 0) is 6.42 Å². The zero-order chi connectivity index (χ0) is 19.9. The van der Waals surface area contributed by atoms with Crippen molar-refractivity contribution in [2.45, 2.75) is 12.8 Å². The zero-order valence-electron chi connectivity index (χ0n) is 15.2. The normalized spacial score (nSPS) is 11.4. The van der Waals surface area contributed by atoms with Crippen LogP contribution in [0.3, 0.4) is 0 Å². The van der Waals surface area contributed by atoms with E-state index in [1.807, 2.05) is 0 Å². The molecular formula is C18H21F3IN3O3. The molecule has 0 aliphatic rings. The van der Waals surface area contributed by atoms with Crippen LogP contribution in [0.4, 0.5) is 18.9 Å². The summed E-state index contributed by atoms with van der Waals surface area (Å²) >= 11 is 0. The number of aliphatic imine (C=N–C) groups is 1. The molecule has 0 spiro atoms. The molecule has 10 heteroatoms. The van der Waals surface area contributed by atoms with E-state index >= 15 is 0 Å². The fourth-order valence-corrected chi connectivity index (χ4v) is 2.26. The van der Waals surface area contributed by atoms with Gasteiger partial charge in [0.2, 0.25) is 0 Å². The van der Waals surface area contributed by atoms with Crippen LogP contribution >= 0.6 is 24.0 Å². The van der Waals surface area contributed by atoms with Crippen LogP contribution in [0.25, 0.3) is 0 Å². The average Bonchev–Trinajstić information content (AvgIpc) is 2.61. The Morgan fingerprint density at radius 2 is 1.68 bits per heavy atom. The number of methoxy groups -OCH3 is 2. The number of guanidine groups is 1. The van der Waals surface area contributed by atoms with E-state index in [4.69, 9.17) is 15.2 Å². The lowest BCUT2D eigenvalue weighted by molar-refractivity contribution is -0.274. The molecule has 0 unspecified atom stereocenters. The first kappa shape index (κ1) is 23.7. The molecule has 0 fully saturated rings. The molecule has 0 amide bonds. The molecule has 3 N–H and O–H groups in total. The Labute approximate surface area is 177 Å². The van der Waals surface area contributed by atoms with Crippen molar-refractivity contribution in [2.24, 2.45) is 10.7 Å². The van der Waals surface area contributed by atoms with Gasteiger partial charge < -0.3 is 25.3 Å². The minimum atomic E-state index is -4.70. The highest BCUT2D eigenvalue weighted by Gasteiger charge is 2.30. The third-order valence-electron chi connectivity index (χ3n) is 3.50. The highest BCUT2D eigenvalue weighted by atomic mass is 127. The van der Waals surface area contributed by atoms with Crippen molar-refractivity contribution < 1.29 is 27.4 Å². The molecule has 0 aromatic heterocycles. The molecule has 154 valence electrons. The maximum atomic E-state index is 12.1. The first-order valence-corrected chi connectivity index (χ1v) is 7.94. The topological polar surface area (TPSA) is 78.1 Å². The number of halogens is 4. The summed E-state index contributed by atoms with van der Waals surface area (Å²) in [5.74, 6) is 1.09. The monoisotopic (exact) mass is 511 g/mol. The maximum Gasteiger partial charge on any atom is 0.573 e. The van der Waals surface area contributed by atoms with Gasteiger partial charge in [-0.1, -0.05) is 12.1 Å². The van der Waals surface area contributed by atoms with Gasteiger partial charge in [-0.3, -0.25) is 4.99 Å². The van der Waals surface area contributed by atoms with Crippen LogP contribution < -0.4 is 25.3 Å². The molecule has 0 bridgehead atoms. The molecular weight excluding hydrogens is 490 g/mol. The highest BCUT2D eigenvalue weighted by molar-refractivity contribution is 14.0. The molecule has 0 aliphatic heterocycles. The second kappa shape index (κ2) is 10.8. The number of ether oxygens (including phenoxy) is 3. The fraction of sp³-hybridized carbons (Fsp3) is 0.278. The molecule has 2 aromatic carbocycles. The van der Waals surface area contributed by atoms with Crippen molar-refractivity contribution >= 4 is 35.6 Å². The Balaban J connectivity index is 0.00000392. The quantitative estimate of drug-likeness (QED) is 0.331. The molecule has 0 atom stereocenters. The van der Waals surface area contributed by atoms with Crippen molar-refractivity contribution in [3.63, 3.8) is 0 Å². The van der Waals surface area contributed by atoms with Gasteiger partial charge in [-0.15, -0.1) is 37.1 Å². The Kier molecular flexibility index (Phi) is 9.16. The van der Waals surface area contributed by atoms with E-state index in [2.05, 4.69) is 15.0 Å². The third-order valence-corrected chi connectivity index (χ3v) is 3.50. The summed E-state index contributed by atoms with van der Waals surface area (Å²) in [6, 6.07) is 10.8. The van der Waals surface area contributed by atoms with Crippen LogP contribution in [0.15, 0.2) is 47.5 Å². The van der Waals surface area contributed by atoms with Crippen molar-refractivity contribution in [1.82, 2.24) is 0 Å². The first-order valence-electron chi connectivity index (χ1n) is 7.94. The standard InChI is InChI=1S/C18H20F3N3O3.HI/c1-25-15-8-5-13(11-16(15)26-2)24-17(22)23-10-9-12-3-6-14(7-4-12)27-18(19,20)21;/h3-8,11H,9-10H2,1-2H3,(H3,22,23,24);1H. The number of hydrogen-bond donors (Lipinski definition) is 2. The largest absolute Gasteiger partial charge is 0.573 e. The van der Waals surface area contributed by atoms with Crippen molar-refractivity contribution in [3.8, 4) is 17.2 Å². The van der Waals surface area contributed by atoms with Gasteiger partial charge in [-0.05, 0) is 36.2 Å². The average molecular weight is 511 g/mol. The van der Waals surface area contributed by atoms with E-state index in [0.29, 0.717) is 30.2 Å². The fourth-order valence-electron chi connectivity index (χ4n) is 2.26. The second-order valence-corrected chi connectivity index (χ2v) is 5.40. The maximum absolute atomic E-state index is 12.1. The highest BCUT2D eigenvalue weighted by Crippen LogP contribution is 2.29. The number of anilines is 1. The van der Waals surface area contributed by atoms with E-state index in [0.717, 1.165) is 5.56 Å². The van der Waals surface area contributed by atoms with Gasteiger partial charge in [0.15, 0.2) is 17.5 Å². The summed E-state index contributed by atoms with van der Waals surface area (Å²) in [4.78, 5) is 4.19. The summed E-state index contributed by atoms with van der Waals surface area (Å²) in [6.45, 7) is 0.367. The summed E-state index contributed by atoms with van der Waals surface area (Å²) in [6.07, 6.45) is -4.18. The summed E-state index contributed by atoms with van der Waals surface area (Å²) < 4.78 is 50.6. The zero-order valence-corrected chi connectivity index (χ0v) is 17.6. The number of alkyl halides is 3. The van der Waals surface area contributed by atoms with Gasteiger partial charge in [0.05, 0.1) is 14.2 Å². The van der Waals surface area contributed by atoms with E-state index in [9.17, 15) is 13.2 Å². The molecule has 0 saturated carbocycles. The molecule has 2 aromatic rings. The summed E-state index contributed by atoms with van der Waals surface area (Å²) in [5.41, 5.74) is 7.34. The lowest BCUT2D eigenvalue weighted by atomic mass is 10.1. The predicted molar refractivity (Wildman–Crippen MR) is 112 cm³/mol. The van der Waals surface area contributed by atoms with Crippen LogP contribution in [0.1, 0.15) is 5.56 Å². The number of nitrogens with two attached hydrogens (primary N) is 1. The Bertz CT molecular complexity index is 784. The summed E-state index contributed by atoms with van der Waals surface area (Å²) in [7, 11) is 3.08. The van der Waals surface area contributed by atoms with Gasteiger partial charge in [-0.2, -0.15) is 0 Å². The van der Waals surface area contributed by atoms with E-state index in [-0.39, 0.29) is 35.7 Å². The molecule has 28 heavy (non-hydrogen) atoms. The Hall–Kier alpha value is -2.37. The Morgan fingerprint density at radius 1 is 1.04 bits per heavy atom. The van der Waals surface area contributed by atoms with Crippen LogP contribution in [0, 0.1) is 0 Å². The van der Waals surface area contributed by atoms with E-state index in [1.54, 1.807) is 37.4 Å². The first-order chi connectivity index (χ1) is 12.8. The van der Waals surface area contributed by atoms with Crippen molar-refractivity contribution in [1.29, 1.82) is 0 Å². The number of nitrogens with one attached hydrogen (secondary N) is 1. The molecule has 0 saturated heterocycles. The van der Waals surface area contributed by atoms with Gasteiger partial charge in [0.25, 0.3) is 0 Å². The minimum absolute atomic E-state index is 0. The lowest BCUT2D eigenvalue weighted by Gasteiger charge is -2.11. The predicted octanol–water partition coefficient (Wildman–Crippen LogP) is 4.19. The molecule has 0 aliphatic carbocycles. The molecule has 0 radical (unpaired) electrons. The SMILES string of the molecule is COc1ccc(NC(N)=NCCc2ccc(OC(F)(F)F)cc2)cc1OC.I. The van der Waals surface area contributed by atoms with Gasteiger partial charge in [-0.25, -0.2) is 0 Å². The van der Waals surface area contributed by atoms with Gasteiger partial charge >= 0.3 is 6.36 Å². The van der Waals surface area contributed by atoms with Gasteiger partial charge in [0.1, 0.15) is 5.75 Å². The number of nitrogens with zero attached hydrogens (tertiary/aromatic N) is 1. The van der Waals surface area contributed by atoms with Crippen molar-refractivity contribution in [3.05, 3.63) is 48.0 Å². The van der Waals surface area contributed by atoms with Crippen molar-refractivity contribution in [2.75, 3.05) is 26.1 Å². The smallest absolute Gasteiger partial charge is 0.493 e. The molecule has 2 rings (SSSR count).